The van der Waals surface area contributed by atoms with Gasteiger partial charge in [0.2, 0.25) is 5.88 Å². The summed E-state index contributed by atoms with van der Waals surface area (Å²) in [6.45, 7) is 0.492. The zero-order chi connectivity index (χ0) is 29.0. The van der Waals surface area contributed by atoms with Crippen LogP contribution in [0.15, 0.2) is 72.8 Å². The molecule has 3 nitrogen and oxygen atoms in total. The van der Waals surface area contributed by atoms with Gasteiger partial charge in [0.25, 0.3) is 0 Å². The fraction of sp³-hybridized carbons (Fsp3) is 0.143. The van der Waals surface area contributed by atoms with Crippen LogP contribution in [0.4, 0.5) is 39.5 Å². The predicted octanol–water partition coefficient (Wildman–Crippen LogP) is 9.61. The number of rotatable bonds is 3. The van der Waals surface area contributed by atoms with Crippen molar-refractivity contribution in [1.82, 2.24) is 10.2 Å². The molecule has 0 radical (unpaired) electrons. The molecule has 0 saturated carbocycles. The summed E-state index contributed by atoms with van der Waals surface area (Å²) in [6.07, 6.45) is -16.9. The third kappa shape index (κ3) is 4.89. The van der Waals surface area contributed by atoms with Crippen molar-refractivity contribution >= 4 is 21.5 Å². The minimum atomic E-state index is -5.73. The van der Waals surface area contributed by atoms with Crippen LogP contribution >= 0.6 is 0 Å². The molecule has 1 heterocycles. The molecule has 0 saturated heterocycles. The Morgan fingerprint density at radius 2 is 1.15 bits per heavy atom. The molecule has 0 fully saturated rings. The van der Waals surface area contributed by atoms with E-state index in [1.807, 2.05) is 0 Å². The van der Waals surface area contributed by atoms with Crippen molar-refractivity contribution in [3.8, 4) is 22.9 Å². The average Bonchev–Trinajstić information content (AvgIpc) is 2.87. The number of fused-ring (bicyclic) bond motifs is 2. The highest BCUT2D eigenvalue weighted by Crippen LogP contribution is 2.50. The van der Waals surface area contributed by atoms with Gasteiger partial charge >= 0.3 is 18.5 Å². The Balaban J connectivity index is 1.82. The van der Waals surface area contributed by atoms with Crippen LogP contribution in [0.1, 0.15) is 22.3 Å². The monoisotopic (exact) mass is 566 g/mol. The van der Waals surface area contributed by atoms with E-state index in [0.717, 1.165) is 0 Å². The molecular formula is C28H15F9N2O. The second kappa shape index (κ2) is 9.39. The Morgan fingerprint density at radius 3 is 1.70 bits per heavy atom. The number of ether oxygens (including phenoxy) is 1. The van der Waals surface area contributed by atoms with Gasteiger partial charge < -0.3 is 4.74 Å². The van der Waals surface area contributed by atoms with Crippen molar-refractivity contribution in [2.45, 2.75) is 25.5 Å². The van der Waals surface area contributed by atoms with E-state index in [1.54, 1.807) is 60.7 Å². The SMILES string of the molecule is Cc1c(Oc2nnc(-c3ccccc3)c3cc4ccccc4cc23)c(C(F)(F)F)cc(C(F)(F)F)c1C(F)(F)F. The van der Waals surface area contributed by atoms with E-state index in [2.05, 4.69) is 10.2 Å². The zero-order valence-electron chi connectivity index (χ0n) is 20.1. The van der Waals surface area contributed by atoms with Gasteiger partial charge in [-0.25, -0.2) is 0 Å². The summed E-state index contributed by atoms with van der Waals surface area (Å²) in [5.74, 6) is -2.06. The number of alkyl halides is 9. The van der Waals surface area contributed by atoms with Gasteiger partial charge in [-0.1, -0.05) is 54.6 Å². The van der Waals surface area contributed by atoms with E-state index in [-0.39, 0.29) is 5.39 Å². The maximum atomic E-state index is 14.0. The van der Waals surface area contributed by atoms with Gasteiger partial charge in [-0.3, -0.25) is 0 Å². The molecule has 0 atom stereocenters. The van der Waals surface area contributed by atoms with Crippen LogP contribution in [-0.4, -0.2) is 10.2 Å². The van der Waals surface area contributed by atoms with Crippen LogP contribution in [0.25, 0.3) is 32.8 Å². The maximum Gasteiger partial charge on any atom is 0.420 e. The lowest BCUT2D eigenvalue weighted by Crippen LogP contribution is -2.21. The fourth-order valence-electron chi connectivity index (χ4n) is 4.53. The minimum absolute atomic E-state index is 0.0912. The van der Waals surface area contributed by atoms with Crippen molar-refractivity contribution < 1.29 is 44.3 Å². The van der Waals surface area contributed by atoms with Gasteiger partial charge in [0.1, 0.15) is 11.4 Å². The molecule has 0 spiro atoms. The molecule has 12 heteroatoms. The highest BCUT2D eigenvalue weighted by molar-refractivity contribution is 6.05. The first-order chi connectivity index (χ1) is 18.7. The van der Waals surface area contributed by atoms with E-state index in [9.17, 15) is 39.5 Å². The van der Waals surface area contributed by atoms with Crippen molar-refractivity contribution in [3.05, 3.63) is 95.1 Å². The third-order valence-electron chi connectivity index (χ3n) is 6.27. The van der Waals surface area contributed by atoms with Crippen LogP contribution in [0.3, 0.4) is 0 Å². The van der Waals surface area contributed by atoms with E-state index in [1.165, 1.54) is 6.07 Å². The molecule has 1 aromatic heterocycles. The highest BCUT2D eigenvalue weighted by Gasteiger charge is 2.49. The number of nitrogens with zero attached hydrogens (tertiary/aromatic N) is 2. The lowest BCUT2D eigenvalue weighted by atomic mass is 9.95. The molecular weight excluding hydrogens is 551 g/mol. The van der Waals surface area contributed by atoms with Gasteiger partial charge in [0, 0.05) is 21.9 Å². The summed E-state index contributed by atoms with van der Waals surface area (Å²) in [7, 11) is 0. The third-order valence-corrected chi connectivity index (χ3v) is 6.27. The largest absolute Gasteiger partial charge is 0.436 e. The smallest absolute Gasteiger partial charge is 0.420 e. The summed E-state index contributed by atoms with van der Waals surface area (Å²) in [4.78, 5) is 0. The maximum absolute atomic E-state index is 14.0. The normalized spacial score (nSPS) is 12.8. The van der Waals surface area contributed by atoms with Gasteiger partial charge in [0.05, 0.1) is 16.7 Å². The van der Waals surface area contributed by atoms with Crippen molar-refractivity contribution in [2.24, 2.45) is 0 Å². The molecule has 0 bridgehead atoms. The topological polar surface area (TPSA) is 35.0 Å². The Morgan fingerprint density at radius 1 is 0.600 bits per heavy atom. The first kappa shape index (κ1) is 27.2. The Bertz CT molecular complexity index is 1740. The number of halogens is 9. The molecule has 40 heavy (non-hydrogen) atoms. The quantitative estimate of drug-likeness (QED) is 0.161. The van der Waals surface area contributed by atoms with E-state index >= 15 is 0 Å². The number of aromatic nitrogens is 2. The summed E-state index contributed by atoms with van der Waals surface area (Å²) in [5, 5.41) is 9.70. The Labute approximate surface area is 219 Å². The second-order valence-corrected chi connectivity index (χ2v) is 8.86. The highest BCUT2D eigenvalue weighted by atomic mass is 19.4. The lowest BCUT2D eigenvalue weighted by molar-refractivity contribution is -0.164. The first-order valence-corrected chi connectivity index (χ1v) is 11.5. The zero-order valence-corrected chi connectivity index (χ0v) is 20.1. The minimum Gasteiger partial charge on any atom is -0.436 e. The van der Waals surface area contributed by atoms with Gasteiger partial charge in [-0.2, -0.15) is 39.5 Å². The summed E-state index contributed by atoms with van der Waals surface area (Å²) in [5.41, 5.74) is -7.29. The molecule has 0 aliphatic carbocycles. The molecule has 0 amide bonds. The van der Waals surface area contributed by atoms with E-state index < -0.39 is 58.5 Å². The van der Waals surface area contributed by atoms with Crippen LogP contribution in [0.5, 0.6) is 11.6 Å². The Hall–Kier alpha value is -4.35. The first-order valence-electron chi connectivity index (χ1n) is 11.5. The van der Waals surface area contributed by atoms with Crippen molar-refractivity contribution in [3.63, 3.8) is 0 Å². The number of benzene rings is 4. The van der Waals surface area contributed by atoms with Crippen LogP contribution in [0.2, 0.25) is 0 Å². The van der Waals surface area contributed by atoms with E-state index in [4.69, 9.17) is 4.74 Å². The van der Waals surface area contributed by atoms with Crippen LogP contribution in [0, 0.1) is 6.92 Å². The van der Waals surface area contributed by atoms with Gasteiger partial charge in [0.15, 0.2) is 0 Å². The van der Waals surface area contributed by atoms with Crippen LogP contribution in [-0.2, 0) is 18.5 Å². The molecule has 0 N–H and O–H groups in total. The van der Waals surface area contributed by atoms with Crippen LogP contribution < -0.4 is 4.74 Å². The predicted molar refractivity (Wildman–Crippen MR) is 129 cm³/mol. The molecule has 5 aromatic rings. The summed E-state index contributed by atoms with van der Waals surface area (Å²) >= 11 is 0. The van der Waals surface area contributed by atoms with E-state index in [0.29, 0.717) is 34.3 Å². The average molecular weight is 566 g/mol. The number of hydrogen-bond acceptors (Lipinski definition) is 3. The van der Waals surface area contributed by atoms with Gasteiger partial charge in [-0.05, 0) is 35.9 Å². The number of hydrogen-bond donors (Lipinski definition) is 0. The molecule has 0 unspecified atom stereocenters. The summed E-state index contributed by atoms with van der Waals surface area (Å²) < 4.78 is 129. The molecule has 0 aliphatic heterocycles. The van der Waals surface area contributed by atoms with Gasteiger partial charge in [-0.15, -0.1) is 10.2 Å². The summed E-state index contributed by atoms with van der Waals surface area (Å²) in [6, 6.07) is 18.1. The lowest BCUT2D eigenvalue weighted by Gasteiger charge is -2.24. The molecule has 5 rings (SSSR count). The molecule has 0 aliphatic rings. The molecule has 4 aromatic carbocycles. The van der Waals surface area contributed by atoms with Crippen molar-refractivity contribution in [1.29, 1.82) is 0 Å². The Kier molecular flexibility index (Phi) is 6.39. The fourth-order valence-corrected chi connectivity index (χ4v) is 4.53. The standard InChI is InChI=1S/C28H15F9N2O/c1-14-22(28(35,36)37)20(26(29,30)31)13-21(27(32,33)34)24(14)40-25-19-12-17-10-6-5-9-16(17)11-18(19)23(38-39-25)15-7-3-2-4-8-15/h2-13H,1H3. The molecule has 206 valence electrons. The van der Waals surface area contributed by atoms with Crippen molar-refractivity contribution in [2.75, 3.05) is 0 Å². The second-order valence-electron chi connectivity index (χ2n) is 8.86.